The number of rotatable bonds is 11. The lowest BCUT2D eigenvalue weighted by Gasteiger charge is -2.20. The van der Waals surface area contributed by atoms with E-state index in [1.807, 2.05) is 41.1 Å². The first kappa shape index (κ1) is 23.0. The van der Waals surface area contributed by atoms with Gasteiger partial charge in [-0.1, -0.05) is 37.7 Å². The van der Waals surface area contributed by atoms with Gasteiger partial charge in [0.2, 0.25) is 0 Å². The molecule has 0 aliphatic heterocycles. The lowest BCUT2D eigenvalue weighted by Crippen LogP contribution is -2.32. The molecule has 6 nitrogen and oxygen atoms in total. The van der Waals surface area contributed by atoms with Gasteiger partial charge in [-0.05, 0) is 61.2 Å². The second-order valence-electron chi connectivity index (χ2n) is 7.99. The zero-order valence-electron chi connectivity index (χ0n) is 19.2. The number of aryl methyl sites for hydroxylation is 2. The van der Waals surface area contributed by atoms with Crippen molar-refractivity contribution in [2.75, 3.05) is 18.1 Å². The summed E-state index contributed by atoms with van der Waals surface area (Å²) in [6.07, 6.45) is 9.39. The topological polar surface area (TPSA) is 60.2 Å². The number of aromatic nitrogens is 3. The summed E-state index contributed by atoms with van der Waals surface area (Å²) in [4.78, 5) is 24.2. The van der Waals surface area contributed by atoms with Gasteiger partial charge in [0.15, 0.2) is 5.13 Å². The highest BCUT2D eigenvalue weighted by molar-refractivity contribution is 7.22. The molecule has 0 fully saturated rings. The summed E-state index contributed by atoms with van der Waals surface area (Å²) in [6.45, 7) is 6.34. The SMILES string of the molecule is CCCCOc1ccc(C(=O)N(CCCn2ccnc2)c2nc3ccc(CC)cc3s2)cc1. The average molecular weight is 463 g/mol. The van der Waals surface area contributed by atoms with Gasteiger partial charge in [-0.25, -0.2) is 9.97 Å². The number of unbranched alkanes of at least 4 members (excludes halogenated alkanes) is 1. The Labute approximate surface area is 198 Å². The summed E-state index contributed by atoms with van der Waals surface area (Å²) in [5, 5.41) is 0.733. The van der Waals surface area contributed by atoms with Gasteiger partial charge in [-0.3, -0.25) is 9.69 Å². The fraction of sp³-hybridized carbons (Fsp3) is 0.346. The number of imidazole rings is 1. The van der Waals surface area contributed by atoms with Crippen molar-refractivity contribution >= 4 is 32.6 Å². The molecule has 2 heterocycles. The number of thiazole rings is 1. The van der Waals surface area contributed by atoms with Crippen LogP contribution in [0.15, 0.2) is 61.2 Å². The fourth-order valence-electron chi connectivity index (χ4n) is 3.59. The van der Waals surface area contributed by atoms with Gasteiger partial charge in [0.05, 0.1) is 23.2 Å². The zero-order valence-corrected chi connectivity index (χ0v) is 20.1. The van der Waals surface area contributed by atoms with Crippen LogP contribution in [0.4, 0.5) is 5.13 Å². The number of hydrogen-bond acceptors (Lipinski definition) is 5. The minimum Gasteiger partial charge on any atom is -0.494 e. The first-order valence-electron chi connectivity index (χ1n) is 11.6. The molecule has 172 valence electrons. The number of carbonyl (C=O) groups is 1. The first-order valence-corrected chi connectivity index (χ1v) is 12.4. The maximum Gasteiger partial charge on any atom is 0.260 e. The van der Waals surface area contributed by atoms with E-state index in [0.29, 0.717) is 18.7 Å². The van der Waals surface area contributed by atoms with Crippen LogP contribution < -0.4 is 9.64 Å². The lowest BCUT2D eigenvalue weighted by atomic mass is 10.2. The smallest absolute Gasteiger partial charge is 0.260 e. The number of anilines is 1. The molecular formula is C26H30N4O2S. The van der Waals surface area contributed by atoms with Crippen LogP contribution in [0, 0.1) is 0 Å². The van der Waals surface area contributed by atoms with E-state index in [9.17, 15) is 4.79 Å². The Bertz CT molecular complexity index is 1170. The van der Waals surface area contributed by atoms with Crippen molar-refractivity contribution in [2.45, 2.75) is 46.1 Å². The van der Waals surface area contributed by atoms with Crippen molar-refractivity contribution in [2.24, 2.45) is 0 Å². The Morgan fingerprint density at radius 1 is 1.12 bits per heavy atom. The number of benzene rings is 2. The minimum absolute atomic E-state index is 0.0458. The fourth-order valence-corrected chi connectivity index (χ4v) is 4.64. The largest absolute Gasteiger partial charge is 0.494 e. The lowest BCUT2D eigenvalue weighted by molar-refractivity contribution is 0.0986. The second kappa shape index (κ2) is 11.1. The summed E-state index contributed by atoms with van der Waals surface area (Å²) < 4.78 is 8.88. The number of hydrogen-bond donors (Lipinski definition) is 0. The Balaban J connectivity index is 1.55. The molecule has 0 radical (unpaired) electrons. The third kappa shape index (κ3) is 5.79. The summed E-state index contributed by atoms with van der Waals surface area (Å²) in [5.41, 5.74) is 2.84. The van der Waals surface area contributed by atoms with Crippen LogP contribution in [0.2, 0.25) is 0 Å². The number of fused-ring (bicyclic) bond motifs is 1. The molecule has 4 rings (SSSR count). The normalized spacial score (nSPS) is 11.1. The molecule has 0 atom stereocenters. The van der Waals surface area contributed by atoms with Crippen LogP contribution in [0.5, 0.6) is 5.75 Å². The van der Waals surface area contributed by atoms with E-state index < -0.39 is 0 Å². The zero-order chi connectivity index (χ0) is 23.0. The molecule has 2 aromatic heterocycles. The van der Waals surface area contributed by atoms with Crippen molar-refractivity contribution in [1.29, 1.82) is 0 Å². The van der Waals surface area contributed by atoms with Crippen molar-refractivity contribution in [3.63, 3.8) is 0 Å². The van der Waals surface area contributed by atoms with Gasteiger partial charge in [0, 0.05) is 31.0 Å². The van der Waals surface area contributed by atoms with E-state index in [1.165, 1.54) is 5.56 Å². The molecule has 0 saturated heterocycles. The average Bonchev–Trinajstić information content (AvgIpc) is 3.51. The number of amides is 1. The molecule has 0 aliphatic carbocycles. The highest BCUT2D eigenvalue weighted by Crippen LogP contribution is 2.31. The second-order valence-corrected chi connectivity index (χ2v) is 9.00. The third-order valence-electron chi connectivity index (χ3n) is 5.55. The summed E-state index contributed by atoms with van der Waals surface area (Å²) in [6, 6.07) is 13.8. The predicted octanol–water partition coefficient (Wildman–Crippen LogP) is 5.97. The maximum absolute atomic E-state index is 13.5. The number of ether oxygens (including phenoxy) is 1. The Kier molecular flexibility index (Phi) is 7.73. The molecule has 4 aromatic rings. The van der Waals surface area contributed by atoms with Crippen molar-refractivity contribution in [1.82, 2.24) is 14.5 Å². The summed E-state index contributed by atoms with van der Waals surface area (Å²) in [5.74, 6) is 0.745. The quantitative estimate of drug-likeness (QED) is 0.258. The van der Waals surface area contributed by atoms with Crippen LogP contribution in [-0.2, 0) is 13.0 Å². The molecule has 2 aromatic carbocycles. The monoisotopic (exact) mass is 462 g/mol. The molecule has 0 unspecified atom stereocenters. The van der Waals surface area contributed by atoms with Gasteiger partial charge in [0.25, 0.3) is 5.91 Å². The van der Waals surface area contributed by atoms with Gasteiger partial charge in [0.1, 0.15) is 5.75 Å². The van der Waals surface area contributed by atoms with Gasteiger partial charge >= 0.3 is 0 Å². The molecular weight excluding hydrogens is 432 g/mol. The van der Waals surface area contributed by atoms with Gasteiger partial charge in [-0.2, -0.15) is 0 Å². The van der Waals surface area contributed by atoms with Gasteiger partial charge < -0.3 is 9.30 Å². The van der Waals surface area contributed by atoms with Crippen LogP contribution in [0.25, 0.3) is 10.2 Å². The van der Waals surface area contributed by atoms with Crippen molar-refractivity contribution in [3.8, 4) is 5.75 Å². The van der Waals surface area contributed by atoms with Crippen molar-refractivity contribution in [3.05, 3.63) is 72.3 Å². The van der Waals surface area contributed by atoms with Gasteiger partial charge in [-0.15, -0.1) is 0 Å². The highest BCUT2D eigenvalue weighted by Gasteiger charge is 2.21. The Hall–Kier alpha value is -3.19. The Morgan fingerprint density at radius 3 is 2.70 bits per heavy atom. The summed E-state index contributed by atoms with van der Waals surface area (Å²) in [7, 11) is 0. The number of carbonyl (C=O) groups excluding carboxylic acids is 1. The van der Waals surface area contributed by atoms with Crippen LogP contribution in [0.1, 0.15) is 49.0 Å². The molecule has 1 amide bonds. The Morgan fingerprint density at radius 2 is 1.97 bits per heavy atom. The molecule has 0 N–H and O–H groups in total. The first-order chi connectivity index (χ1) is 16.2. The molecule has 0 bridgehead atoms. The predicted molar refractivity (Wildman–Crippen MR) is 134 cm³/mol. The third-order valence-corrected chi connectivity index (χ3v) is 6.59. The molecule has 0 saturated carbocycles. The van der Waals surface area contributed by atoms with E-state index in [1.54, 1.807) is 28.8 Å². The van der Waals surface area contributed by atoms with E-state index >= 15 is 0 Å². The number of nitrogens with zero attached hydrogens (tertiary/aromatic N) is 4. The minimum atomic E-state index is -0.0458. The van der Waals surface area contributed by atoms with Crippen LogP contribution in [-0.4, -0.2) is 33.6 Å². The van der Waals surface area contributed by atoms with Crippen molar-refractivity contribution < 1.29 is 9.53 Å². The highest BCUT2D eigenvalue weighted by atomic mass is 32.1. The van der Waals surface area contributed by atoms with E-state index in [4.69, 9.17) is 9.72 Å². The van der Waals surface area contributed by atoms with E-state index in [-0.39, 0.29) is 5.91 Å². The van der Waals surface area contributed by atoms with E-state index in [2.05, 4.69) is 31.0 Å². The van der Waals surface area contributed by atoms with Crippen LogP contribution in [0.3, 0.4) is 0 Å². The summed E-state index contributed by atoms with van der Waals surface area (Å²) >= 11 is 1.57. The van der Waals surface area contributed by atoms with Crippen LogP contribution >= 0.6 is 11.3 Å². The molecule has 0 aliphatic rings. The maximum atomic E-state index is 13.5. The molecule has 7 heteroatoms. The molecule has 0 spiro atoms. The molecule has 33 heavy (non-hydrogen) atoms. The standard InChI is InChI=1S/C26H30N4O2S/c1-3-5-17-32-22-10-8-21(9-11-22)25(31)30(15-6-14-29-16-13-27-19-29)26-28-23-12-7-20(4-2)18-24(23)33-26/h7-13,16,18-19H,3-6,14-15,17H2,1-2H3. The van der Waals surface area contributed by atoms with E-state index in [0.717, 1.165) is 53.3 Å².